The van der Waals surface area contributed by atoms with Gasteiger partial charge in [-0.2, -0.15) is 0 Å². The average Bonchev–Trinajstić information content (AvgIpc) is 3.32. The van der Waals surface area contributed by atoms with E-state index in [9.17, 15) is 4.79 Å². The molecule has 0 fully saturated rings. The van der Waals surface area contributed by atoms with E-state index in [4.69, 9.17) is 16.7 Å². The third kappa shape index (κ3) is 4.64. The topological polar surface area (TPSA) is 77.9 Å². The number of aliphatic hydroxyl groups excluding tert-OH is 1. The Labute approximate surface area is 201 Å². The van der Waals surface area contributed by atoms with Gasteiger partial charge in [-0.1, -0.05) is 60.1 Å². The van der Waals surface area contributed by atoms with Gasteiger partial charge in [0.1, 0.15) is 5.69 Å². The summed E-state index contributed by atoms with van der Waals surface area (Å²) < 4.78 is 5.32. The van der Waals surface area contributed by atoms with Crippen molar-refractivity contribution in [2.75, 3.05) is 12.4 Å². The third-order valence-electron chi connectivity index (χ3n) is 5.53. The summed E-state index contributed by atoms with van der Waals surface area (Å²) in [5.74, 6) is 1.34. The zero-order valence-corrected chi connectivity index (χ0v) is 20.2. The molecule has 1 N–H and O–H groups in total. The summed E-state index contributed by atoms with van der Waals surface area (Å²) in [5, 5.41) is 19.1. The number of hydrogen-bond acceptors (Lipinski definition) is 5. The van der Waals surface area contributed by atoms with Crippen molar-refractivity contribution in [1.29, 1.82) is 0 Å². The summed E-state index contributed by atoms with van der Waals surface area (Å²) >= 11 is 8.05. The third-order valence-corrected chi connectivity index (χ3v) is 6.87. The maximum absolute atomic E-state index is 13.7. The molecule has 7 nitrogen and oxygen atoms in total. The Bertz CT molecular complexity index is 1300. The molecule has 0 saturated carbocycles. The highest BCUT2D eigenvalue weighted by molar-refractivity contribution is 7.99. The number of thioether (sulfide) groups is 1. The molecule has 2 aromatic heterocycles. The second-order valence-electron chi connectivity index (χ2n) is 7.66. The number of para-hydroxylation sites is 1. The standard InChI is InChI=1S/C24H26ClN5O2S/c1-17-21(23(32)30(28(17)2)18-11-5-3-6-12-18)29-22(19-13-7-8-14-20(19)25)26-27-24(29)33-16-10-4-9-15-31/h3,5-8,11-14,31H,4,9-10,15-16H2,1-2H3. The predicted molar refractivity (Wildman–Crippen MR) is 133 cm³/mol. The van der Waals surface area contributed by atoms with Gasteiger partial charge in [-0.05, 0) is 44.0 Å². The van der Waals surface area contributed by atoms with Crippen molar-refractivity contribution in [3.63, 3.8) is 0 Å². The lowest BCUT2D eigenvalue weighted by molar-refractivity contribution is 0.284. The molecule has 0 spiro atoms. The van der Waals surface area contributed by atoms with Crippen LogP contribution in [0.5, 0.6) is 0 Å². The van der Waals surface area contributed by atoms with Crippen molar-refractivity contribution in [3.8, 4) is 22.8 Å². The van der Waals surface area contributed by atoms with Gasteiger partial charge in [0.2, 0.25) is 0 Å². The summed E-state index contributed by atoms with van der Waals surface area (Å²) in [5.41, 5.74) is 2.63. The highest BCUT2D eigenvalue weighted by Gasteiger charge is 2.25. The lowest BCUT2D eigenvalue weighted by atomic mass is 10.2. The van der Waals surface area contributed by atoms with Crippen LogP contribution in [0, 0.1) is 6.92 Å². The maximum atomic E-state index is 13.7. The van der Waals surface area contributed by atoms with Crippen LogP contribution in [0.15, 0.2) is 64.5 Å². The molecule has 9 heteroatoms. The van der Waals surface area contributed by atoms with E-state index in [2.05, 4.69) is 10.2 Å². The van der Waals surface area contributed by atoms with E-state index in [0.29, 0.717) is 27.3 Å². The first-order valence-corrected chi connectivity index (χ1v) is 12.2. The van der Waals surface area contributed by atoms with Gasteiger partial charge in [0, 0.05) is 25.0 Å². The lowest BCUT2D eigenvalue weighted by Crippen LogP contribution is -2.21. The van der Waals surface area contributed by atoms with Crippen LogP contribution in [0.25, 0.3) is 22.8 Å². The van der Waals surface area contributed by atoms with Gasteiger partial charge in [-0.3, -0.25) is 14.0 Å². The molecule has 4 aromatic rings. The van der Waals surface area contributed by atoms with Crippen molar-refractivity contribution >= 4 is 23.4 Å². The Morgan fingerprint density at radius 3 is 2.45 bits per heavy atom. The minimum Gasteiger partial charge on any atom is -0.396 e. The summed E-state index contributed by atoms with van der Waals surface area (Å²) in [6.45, 7) is 2.11. The number of aromatic nitrogens is 5. The number of benzene rings is 2. The summed E-state index contributed by atoms with van der Waals surface area (Å²) in [6, 6.07) is 17.0. The van der Waals surface area contributed by atoms with Crippen LogP contribution in [0.3, 0.4) is 0 Å². The first kappa shape index (κ1) is 23.4. The van der Waals surface area contributed by atoms with Crippen molar-refractivity contribution < 1.29 is 5.11 Å². The van der Waals surface area contributed by atoms with E-state index >= 15 is 0 Å². The van der Waals surface area contributed by atoms with E-state index < -0.39 is 0 Å². The molecule has 0 bridgehead atoms. The van der Waals surface area contributed by atoms with Gasteiger partial charge in [0.15, 0.2) is 11.0 Å². The van der Waals surface area contributed by atoms with Crippen LogP contribution in [0.1, 0.15) is 25.0 Å². The predicted octanol–water partition coefficient (Wildman–Crippen LogP) is 4.64. The molecule has 0 aliphatic carbocycles. The molecular formula is C24H26ClN5O2S. The molecule has 33 heavy (non-hydrogen) atoms. The molecule has 172 valence electrons. The number of unbranched alkanes of at least 4 members (excludes halogenated alkanes) is 2. The molecule has 0 radical (unpaired) electrons. The molecule has 0 unspecified atom stereocenters. The fraction of sp³-hybridized carbons (Fsp3) is 0.292. The van der Waals surface area contributed by atoms with E-state index in [1.807, 2.05) is 71.8 Å². The van der Waals surface area contributed by atoms with Crippen LogP contribution < -0.4 is 5.56 Å². The van der Waals surface area contributed by atoms with Crippen molar-refractivity contribution in [3.05, 3.63) is 75.7 Å². The average molecular weight is 484 g/mol. The van der Waals surface area contributed by atoms with Gasteiger partial charge in [0.25, 0.3) is 5.56 Å². The zero-order chi connectivity index (χ0) is 23.4. The van der Waals surface area contributed by atoms with Gasteiger partial charge in [-0.25, -0.2) is 4.68 Å². The first-order chi connectivity index (χ1) is 16.0. The highest BCUT2D eigenvalue weighted by atomic mass is 35.5. The summed E-state index contributed by atoms with van der Waals surface area (Å²) in [7, 11) is 1.87. The Morgan fingerprint density at radius 1 is 1.00 bits per heavy atom. The molecule has 0 amide bonds. The van der Waals surface area contributed by atoms with Crippen LogP contribution in [-0.4, -0.2) is 41.6 Å². The van der Waals surface area contributed by atoms with Gasteiger partial charge in [-0.15, -0.1) is 10.2 Å². The second kappa shape index (κ2) is 10.4. The van der Waals surface area contributed by atoms with Crippen molar-refractivity contribution in [1.82, 2.24) is 24.1 Å². The van der Waals surface area contributed by atoms with Gasteiger partial charge < -0.3 is 5.11 Å². The zero-order valence-electron chi connectivity index (χ0n) is 18.6. The normalized spacial score (nSPS) is 11.3. The molecule has 2 heterocycles. The van der Waals surface area contributed by atoms with E-state index in [1.165, 1.54) is 0 Å². The first-order valence-electron chi connectivity index (χ1n) is 10.8. The second-order valence-corrected chi connectivity index (χ2v) is 9.13. The Hall–Kier alpha value is -2.81. The molecule has 0 saturated heterocycles. The van der Waals surface area contributed by atoms with Crippen LogP contribution in [0.2, 0.25) is 5.02 Å². The Balaban J connectivity index is 1.86. The number of nitrogens with zero attached hydrogens (tertiary/aromatic N) is 5. The van der Waals surface area contributed by atoms with E-state index in [1.54, 1.807) is 22.5 Å². The molecule has 4 rings (SSSR count). The number of halogens is 1. The van der Waals surface area contributed by atoms with E-state index in [0.717, 1.165) is 36.4 Å². The van der Waals surface area contributed by atoms with Crippen molar-refractivity contribution in [2.24, 2.45) is 7.05 Å². The van der Waals surface area contributed by atoms with Crippen LogP contribution >= 0.6 is 23.4 Å². The minimum absolute atomic E-state index is 0.156. The molecule has 0 aliphatic rings. The smallest absolute Gasteiger partial charge is 0.296 e. The summed E-state index contributed by atoms with van der Waals surface area (Å²) in [6.07, 6.45) is 2.64. The molecule has 2 aromatic carbocycles. The largest absolute Gasteiger partial charge is 0.396 e. The van der Waals surface area contributed by atoms with Crippen LogP contribution in [-0.2, 0) is 7.05 Å². The summed E-state index contributed by atoms with van der Waals surface area (Å²) in [4.78, 5) is 13.7. The van der Waals surface area contributed by atoms with Gasteiger partial charge in [0.05, 0.1) is 16.4 Å². The minimum atomic E-state index is -0.156. The molecule has 0 atom stereocenters. The van der Waals surface area contributed by atoms with Gasteiger partial charge >= 0.3 is 0 Å². The lowest BCUT2D eigenvalue weighted by Gasteiger charge is -2.10. The fourth-order valence-corrected chi connectivity index (χ4v) is 4.90. The number of rotatable bonds is 9. The Morgan fingerprint density at radius 2 is 1.73 bits per heavy atom. The number of aliphatic hydroxyl groups is 1. The van der Waals surface area contributed by atoms with E-state index in [-0.39, 0.29) is 12.2 Å². The monoisotopic (exact) mass is 483 g/mol. The Kier molecular flexibility index (Phi) is 7.37. The maximum Gasteiger partial charge on any atom is 0.296 e. The number of hydrogen-bond donors (Lipinski definition) is 1. The quantitative estimate of drug-likeness (QED) is 0.277. The SMILES string of the molecule is Cc1c(-n2c(SCCCCCO)nnc2-c2ccccc2Cl)c(=O)n(-c2ccccc2)n1C. The molecule has 0 aliphatic heterocycles. The molecular weight excluding hydrogens is 458 g/mol. The van der Waals surface area contributed by atoms with Crippen molar-refractivity contribution in [2.45, 2.75) is 31.3 Å². The highest BCUT2D eigenvalue weighted by Crippen LogP contribution is 2.32. The van der Waals surface area contributed by atoms with Crippen LogP contribution in [0.4, 0.5) is 0 Å². The fourth-order valence-electron chi connectivity index (χ4n) is 3.75.